The van der Waals surface area contributed by atoms with Gasteiger partial charge in [0.1, 0.15) is 18.5 Å². The predicted octanol–water partition coefficient (Wildman–Crippen LogP) is 1.82. The van der Waals surface area contributed by atoms with Gasteiger partial charge in [-0.3, -0.25) is 9.69 Å². The van der Waals surface area contributed by atoms with Crippen molar-refractivity contribution in [3.05, 3.63) is 35.9 Å². The highest BCUT2D eigenvalue weighted by Gasteiger charge is 2.34. The van der Waals surface area contributed by atoms with E-state index in [1.165, 1.54) is 7.05 Å². The summed E-state index contributed by atoms with van der Waals surface area (Å²) in [5.74, 6) is -0.541. The minimum atomic E-state index is -3.55. The van der Waals surface area contributed by atoms with Gasteiger partial charge in [0.15, 0.2) is 0 Å². The lowest BCUT2D eigenvalue weighted by atomic mass is 10.2. The van der Waals surface area contributed by atoms with Crippen molar-refractivity contribution in [1.82, 2.24) is 9.21 Å². The fourth-order valence-corrected chi connectivity index (χ4v) is 4.59. The van der Waals surface area contributed by atoms with Gasteiger partial charge in [-0.15, -0.1) is 0 Å². The zero-order valence-corrected chi connectivity index (χ0v) is 15.2. The number of hydrogen-bond donors (Lipinski definition) is 0. The summed E-state index contributed by atoms with van der Waals surface area (Å²) in [6, 6.07) is 9.32. The molecule has 1 aromatic carbocycles. The lowest BCUT2D eigenvalue weighted by Crippen LogP contribution is -2.46. The van der Waals surface area contributed by atoms with E-state index in [0.29, 0.717) is 6.42 Å². The van der Waals surface area contributed by atoms with Gasteiger partial charge in [-0.05, 0) is 32.0 Å². The van der Waals surface area contributed by atoms with E-state index in [9.17, 15) is 13.2 Å². The molecule has 0 N–H and O–H groups in total. The van der Waals surface area contributed by atoms with Crippen LogP contribution in [-0.4, -0.2) is 56.2 Å². The molecular weight excluding hydrogens is 328 g/mol. The number of carbonyl (C=O) groups excluding carboxylic acids is 1. The maximum atomic E-state index is 12.7. The number of likely N-dealkylation sites (tertiary alicyclic amines) is 1. The van der Waals surface area contributed by atoms with Crippen LogP contribution < -0.4 is 0 Å². The first-order valence-corrected chi connectivity index (χ1v) is 9.76. The molecule has 0 unspecified atom stereocenters. The van der Waals surface area contributed by atoms with E-state index in [-0.39, 0.29) is 13.2 Å². The number of likely N-dealkylation sites (N-methyl/N-ethyl adjacent to an activating group) is 1. The van der Waals surface area contributed by atoms with Crippen molar-refractivity contribution in [3.8, 4) is 0 Å². The Balaban J connectivity index is 1.91. The van der Waals surface area contributed by atoms with Gasteiger partial charge >= 0.3 is 5.97 Å². The molecule has 0 radical (unpaired) electrons. The molecule has 1 aliphatic heterocycles. The molecule has 1 fully saturated rings. The number of ether oxygens (including phenoxy) is 1. The molecular formula is C17H26N2O4S. The molecule has 2 rings (SSSR count). The Morgan fingerprint density at radius 2 is 1.96 bits per heavy atom. The normalized spacial score (nSPS) is 19.9. The molecule has 0 amide bonds. The van der Waals surface area contributed by atoms with Crippen LogP contribution in [0.15, 0.2) is 30.3 Å². The number of sulfonamides is 1. The van der Waals surface area contributed by atoms with Crippen LogP contribution in [0.3, 0.4) is 0 Å². The fraction of sp³-hybridized carbons (Fsp3) is 0.588. The number of benzene rings is 1. The van der Waals surface area contributed by atoms with E-state index in [4.69, 9.17) is 4.74 Å². The van der Waals surface area contributed by atoms with Crippen LogP contribution in [0.5, 0.6) is 0 Å². The van der Waals surface area contributed by atoms with Crippen molar-refractivity contribution < 1.29 is 17.9 Å². The second-order valence-electron chi connectivity index (χ2n) is 6.23. The highest BCUT2D eigenvalue weighted by atomic mass is 32.2. The van der Waals surface area contributed by atoms with E-state index in [0.717, 1.165) is 35.7 Å². The number of rotatable bonds is 6. The molecule has 0 bridgehead atoms. The third-order valence-corrected chi connectivity index (χ3v) is 6.61. The molecule has 0 spiro atoms. The zero-order chi connectivity index (χ0) is 17.6. The van der Waals surface area contributed by atoms with Crippen molar-refractivity contribution in [2.75, 3.05) is 27.2 Å². The molecule has 1 aromatic rings. The molecule has 0 saturated carbocycles. The highest BCUT2D eigenvalue weighted by Crippen LogP contribution is 2.21. The average molecular weight is 354 g/mol. The van der Waals surface area contributed by atoms with E-state index in [1.807, 2.05) is 42.3 Å². The quantitative estimate of drug-likeness (QED) is 0.729. The third kappa shape index (κ3) is 5.03. The Hall–Kier alpha value is -1.44. The average Bonchev–Trinajstić information content (AvgIpc) is 2.78. The fourth-order valence-electron chi connectivity index (χ4n) is 2.86. The lowest BCUT2D eigenvalue weighted by Gasteiger charge is -2.29. The molecule has 1 saturated heterocycles. The standard InChI is InChI=1S/C17H26N2O4S/c1-18-12-8-4-7-11-16(18)24(21,22)19(2)13-17(20)23-14-15-9-5-3-6-10-15/h3,5-6,9-10,16H,4,7-8,11-14H2,1-2H3/t16-/m0/s1. The number of esters is 1. The molecule has 6 nitrogen and oxygen atoms in total. The summed E-state index contributed by atoms with van der Waals surface area (Å²) in [6.07, 6.45) is 3.54. The summed E-state index contributed by atoms with van der Waals surface area (Å²) < 4.78 is 31.8. The first-order valence-electron chi connectivity index (χ1n) is 8.26. The number of hydrogen-bond acceptors (Lipinski definition) is 5. The van der Waals surface area contributed by atoms with Crippen LogP contribution in [0, 0.1) is 0 Å². The summed E-state index contributed by atoms with van der Waals surface area (Å²) in [4.78, 5) is 13.8. The maximum absolute atomic E-state index is 12.7. The van der Waals surface area contributed by atoms with Crippen molar-refractivity contribution in [3.63, 3.8) is 0 Å². The zero-order valence-electron chi connectivity index (χ0n) is 14.3. The summed E-state index contributed by atoms with van der Waals surface area (Å²) in [5, 5.41) is -0.563. The van der Waals surface area contributed by atoms with Crippen molar-refractivity contribution in [2.24, 2.45) is 0 Å². The maximum Gasteiger partial charge on any atom is 0.321 e. The molecule has 0 aliphatic carbocycles. The molecule has 0 aromatic heterocycles. The van der Waals surface area contributed by atoms with Gasteiger partial charge in [-0.2, -0.15) is 4.31 Å². The molecule has 24 heavy (non-hydrogen) atoms. The van der Waals surface area contributed by atoms with Crippen LogP contribution >= 0.6 is 0 Å². The Morgan fingerprint density at radius 3 is 2.67 bits per heavy atom. The third-order valence-electron chi connectivity index (χ3n) is 4.33. The minimum Gasteiger partial charge on any atom is -0.460 e. The van der Waals surface area contributed by atoms with Crippen molar-refractivity contribution >= 4 is 16.0 Å². The smallest absolute Gasteiger partial charge is 0.321 e. The SMILES string of the molecule is CN1CCCCC[C@@H]1S(=O)(=O)N(C)CC(=O)OCc1ccccc1. The first kappa shape index (κ1) is 18.9. The van der Waals surface area contributed by atoms with Gasteiger partial charge in [0.2, 0.25) is 10.0 Å². The Morgan fingerprint density at radius 1 is 1.25 bits per heavy atom. The second kappa shape index (κ2) is 8.60. The van der Waals surface area contributed by atoms with Crippen LogP contribution in [0.25, 0.3) is 0 Å². The Labute approximate surface area is 144 Å². The molecule has 1 atom stereocenters. The van der Waals surface area contributed by atoms with Crippen LogP contribution in [0.2, 0.25) is 0 Å². The summed E-state index contributed by atoms with van der Waals surface area (Å²) in [6.45, 7) is 0.645. The summed E-state index contributed by atoms with van der Waals surface area (Å²) in [5.41, 5.74) is 0.875. The Bertz CT molecular complexity index is 633. The molecule has 1 heterocycles. The number of nitrogens with zero attached hydrogens (tertiary/aromatic N) is 2. The van der Waals surface area contributed by atoms with Gasteiger partial charge in [-0.25, -0.2) is 8.42 Å². The predicted molar refractivity (Wildman–Crippen MR) is 92.7 cm³/mol. The second-order valence-corrected chi connectivity index (χ2v) is 8.43. The molecule has 7 heteroatoms. The van der Waals surface area contributed by atoms with Crippen LogP contribution in [-0.2, 0) is 26.2 Å². The largest absolute Gasteiger partial charge is 0.460 e. The minimum absolute atomic E-state index is 0.150. The van der Waals surface area contributed by atoms with Crippen LogP contribution in [0.1, 0.15) is 31.2 Å². The summed E-state index contributed by atoms with van der Waals surface area (Å²) >= 11 is 0. The topological polar surface area (TPSA) is 66.9 Å². The Kier molecular flexibility index (Phi) is 6.77. The van der Waals surface area contributed by atoms with E-state index < -0.39 is 21.4 Å². The monoisotopic (exact) mass is 354 g/mol. The summed E-state index contributed by atoms with van der Waals surface area (Å²) in [7, 11) is -0.283. The number of carbonyl (C=O) groups is 1. The molecule has 1 aliphatic rings. The van der Waals surface area contributed by atoms with E-state index >= 15 is 0 Å². The van der Waals surface area contributed by atoms with Crippen molar-refractivity contribution in [2.45, 2.75) is 37.7 Å². The van der Waals surface area contributed by atoms with Gasteiger partial charge in [0.05, 0.1) is 0 Å². The first-order chi connectivity index (χ1) is 11.4. The van der Waals surface area contributed by atoms with Gasteiger partial charge in [0, 0.05) is 7.05 Å². The van der Waals surface area contributed by atoms with Gasteiger partial charge in [-0.1, -0.05) is 43.2 Å². The molecule has 134 valence electrons. The van der Waals surface area contributed by atoms with E-state index in [2.05, 4.69) is 0 Å². The van der Waals surface area contributed by atoms with Gasteiger partial charge in [0.25, 0.3) is 0 Å². The van der Waals surface area contributed by atoms with Gasteiger partial charge < -0.3 is 4.74 Å². The van der Waals surface area contributed by atoms with E-state index in [1.54, 1.807) is 0 Å². The highest BCUT2D eigenvalue weighted by molar-refractivity contribution is 7.89. The van der Waals surface area contributed by atoms with Crippen LogP contribution in [0.4, 0.5) is 0 Å². The van der Waals surface area contributed by atoms with Crippen molar-refractivity contribution in [1.29, 1.82) is 0 Å². The lowest BCUT2D eigenvalue weighted by molar-refractivity contribution is -0.144.